The van der Waals surface area contributed by atoms with Crippen LogP contribution in [0.4, 0.5) is 5.82 Å². The molecule has 0 amide bonds. The molecule has 1 atom stereocenters. The summed E-state index contributed by atoms with van der Waals surface area (Å²) in [6, 6.07) is 0.452. The molecule has 4 heteroatoms. The molecular formula is C12H18N4. The third-order valence-electron chi connectivity index (χ3n) is 3.23. The molecule has 0 aliphatic heterocycles. The van der Waals surface area contributed by atoms with Gasteiger partial charge in [-0.25, -0.2) is 9.97 Å². The highest BCUT2D eigenvalue weighted by Crippen LogP contribution is 2.21. The number of rotatable bonds is 3. The molecule has 16 heavy (non-hydrogen) atoms. The molecule has 0 radical (unpaired) electrons. The first-order chi connectivity index (χ1) is 7.61. The molecule has 86 valence electrons. The summed E-state index contributed by atoms with van der Waals surface area (Å²) in [5, 5.41) is 0. The highest BCUT2D eigenvalue weighted by Gasteiger charge is 2.16. The van der Waals surface area contributed by atoms with Crippen LogP contribution in [0.3, 0.4) is 0 Å². The Morgan fingerprint density at radius 1 is 1.31 bits per heavy atom. The van der Waals surface area contributed by atoms with Crippen molar-refractivity contribution in [2.45, 2.75) is 26.8 Å². The summed E-state index contributed by atoms with van der Waals surface area (Å²) in [5.74, 6) is 1.58. The lowest BCUT2D eigenvalue weighted by Crippen LogP contribution is -2.34. The average molecular weight is 218 g/mol. The summed E-state index contributed by atoms with van der Waals surface area (Å²) >= 11 is 0. The van der Waals surface area contributed by atoms with Gasteiger partial charge in [-0.05, 0) is 12.8 Å². The minimum atomic E-state index is 0.452. The predicted molar refractivity (Wildman–Crippen MR) is 65.7 cm³/mol. The fourth-order valence-corrected chi connectivity index (χ4v) is 1.75. The van der Waals surface area contributed by atoms with Crippen molar-refractivity contribution in [1.29, 1.82) is 0 Å². The number of hydrogen-bond acceptors (Lipinski definition) is 3. The van der Waals surface area contributed by atoms with Gasteiger partial charge in [-0.2, -0.15) is 0 Å². The predicted octanol–water partition coefficient (Wildman–Crippen LogP) is 2.21. The van der Waals surface area contributed by atoms with E-state index < -0.39 is 0 Å². The molecule has 2 aromatic heterocycles. The van der Waals surface area contributed by atoms with Crippen LogP contribution in [0.15, 0.2) is 24.9 Å². The Balaban J connectivity index is 2.42. The van der Waals surface area contributed by atoms with Crippen molar-refractivity contribution in [2.24, 2.45) is 5.92 Å². The van der Waals surface area contributed by atoms with Gasteiger partial charge in [0.05, 0.1) is 12.5 Å². The normalized spacial score (nSPS) is 13.3. The van der Waals surface area contributed by atoms with E-state index in [1.54, 1.807) is 6.33 Å². The van der Waals surface area contributed by atoms with Gasteiger partial charge in [0.2, 0.25) is 0 Å². The standard InChI is InChI=1S/C12H18N4/c1-9(2)10(3)15(4)12-11-7-13-8-16(11)6-5-14-12/h5-10H,1-4H3. The van der Waals surface area contributed by atoms with Crippen LogP contribution in [0.5, 0.6) is 0 Å². The number of nitrogens with zero attached hydrogens (tertiary/aromatic N) is 4. The van der Waals surface area contributed by atoms with E-state index in [4.69, 9.17) is 0 Å². The molecule has 2 rings (SSSR count). The molecule has 0 aliphatic rings. The van der Waals surface area contributed by atoms with Gasteiger partial charge in [0.15, 0.2) is 5.82 Å². The van der Waals surface area contributed by atoms with Crippen molar-refractivity contribution >= 4 is 11.3 Å². The maximum Gasteiger partial charge on any atom is 0.154 e. The maximum absolute atomic E-state index is 4.45. The third kappa shape index (κ3) is 1.75. The Morgan fingerprint density at radius 3 is 2.75 bits per heavy atom. The minimum Gasteiger partial charge on any atom is -0.355 e. The summed E-state index contributed by atoms with van der Waals surface area (Å²) in [4.78, 5) is 10.8. The van der Waals surface area contributed by atoms with Crippen molar-refractivity contribution < 1.29 is 0 Å². The van der Waals surface area contributed by atoms with Gasteiger partial charge in [-0.15, -0.1) is 0 Å². The van der Waals surface area contributed by atoms with E-state index in [1.807, 2.05) is 23.0 Å². The Hall–Kier alpha value is -1.58. The highest BCUT2D eigenvalue weighted by molar-refractivity contribution is 5.67. The first kappa shape index (κ1) is 10.9. The van der Waals surface area contributed by atoms with Crippen molar-refractivity contribution in [2.75, 3.05) is 11.9 Å². The zero-order valence-electron chi connectivity index (χ0n) is 10.3. The second-order valence-electron chi connectivity index (χ2n) is 4.53. The summed E-state index contributed by atoms with van der Waals surface area (Å²) in [5.41, 5.74) is 1.05. The zero-order chi connectivity index (χ0) is 11.7. The highest BCUT2D eigenvalue weighted by atomic mass is 15.2. The van der Waals surface area contributed by atoms with Gasteiger partial charge < -0.3 is 9.30 Å². The molecule has 1 unspecified atom stereocenters. The van der Waals surface area contributed by atoms with Crippen LogP contribution < -0.4 is 4.90 Å². The van der Waals surface area contributed by atoms with Crippen LogP contribution in [0.1, 0.15) is 20.8 Å². The molecule has 0 N–H and O–H groups in total. The Morgan fingerprint density at radius 2 is 2.06 bits per heavy atom. The van der Waals surface area contributed by atoms with Gasteiger partial charge in [0.1, 0.15) is 5.52 Å². The third-order valence-corrected chi connectivity index (χ3v) is 3.23. The van der Waals surface area contributed by atoms with Crippen molar-refractivity contribution in [3.05, 3.63) is 24.9 Å². The summed E-state index contributed by atoms with van der Waals surface area (Å²) < 4.78 is 1.99. The monoisotopic (exact) mass is 218 g/mol. The Bertz CT molecular complexity index is 475. The SMILES string of the molecule is CC(C)C(C)N(C)c1nccn2cncc12. The van der Waals surface area contributed by atoms with Crippen LogP contribution in [0.2, 0.25) is 0 Å². The lowest BCUT2D eigenvalue weighted by molar-refractivity contribution is 0.503. The number of hydrogen-bond donors (Lipinski definition) is 0. The molecule has 0 spiro atoms. The number of fused-ring (bicyclic) bond motifs is 1. The quantitative estimate of drug-likeness (QED) is 0.792. The molecule has 2 aromatic rings. The van der Waals surface area contributed by atoms with Crippen molar-refractivity contribution in [1.82, 2.24) is 14.4 Å². The smallest absolute Gasteiger partial charge is 0.154 e. The van der Waals surface area contributed by atoms with Gasteiger partial charge in [-0.3, -0.25) is 0 Å². The molecular weight excluding hydrogens is 200 g/mol. The molecule has 0 bridgehead atoms. The lowest BCUT2D eigenvalue weighted by Gasteiger charge is -2.29. The van der Waals surface area contributed by atoms with Crippen LogP contribution in [-0.2, 0) is 0 Å². The van der Waals surface area contributed by atoms with E-state index in [2.05, 4.69) is 42.7 Å². The maximum atomic E-state index is 4.45. The molecule has 2 heterocycles. The Labute approximate surface area is 95.9 Å². The first-order valence-electron chi connectivity index (χ1n) is 5.60. The van der Waals surface area contributed by atoms with Crippen LogP contribution in [0.25, 0.3) is 5.52 Å². The van der Waals surface area contributed by atoms with Gasteiger partial charge in [0, 0.05) is 25.5 Å². The van der Waals surface area contributed by atoms with Gasteiger partial charge in [-0.1, -0.05) is 13.8 Å². The molecule has 0 aromatic carbocycles. The Kier molecular flexibility index (Phi) is 2.81. The fraction of sp³-hybridized carbons (Fsp3) is 0.500. The zero-order valence-corrected chi connectivity index (χ0v) is 10.3. The molecule has 0 fully saturated rings. The summed E-state index contributed by atoms with van der Waals surface area (Å²) in [7, 11) is 2.08. The van der Waals surface area contributed by atoms with E-state index in [1.165, 1.54) is 0 Å². The molecule has 0 saturated carbocycles. The van der Waals surface area contributed by atoms with Crippen LogP contribution >= 0.6 is 0 Å². The van der Waals surface area contributed by atoms with Crippen LogP contribution in [0, 0.1) is 5.92 Å². The van der Waals surface area contributed by atoms with E-state index in [0.717, 1.165) is 11.3 Å². The number of aromatic nitrogens is 3. The van der Waals surface area contributed by atoms with E-state index in [0.29, 0.717) is 12.0 Å². The first-order valence-corrected chi connectivity index (χ1v) is 5.60. The topological polar surface area (TPSA) is 33.4 Å². The number of imidazole rings is 1. The largest absolute Gasteiger partial charge is 0.355 e. The minimum absolute atomic E-state index is 0.452. The van der Waals surface area contributed by atoms with E-state index in [9.17, 15) is 0 Å². The van der Waals surface area contributed by atoms with E-state index in [-0.39, 0.29) is 0 Å². The summed E-state index contributed by atoms with van der Waals surface area (Å²) in [6.45, 7) is 6.65. The lowest BCUT2D eigenvalue weighted by atomic mass is 10.1. The molecule has 0 saturated heterocycles. The van der Waals surface area contributed by atoms with Gasteiger partial charge >= 0.3 is 0 Å². The molecule has 4 nitrogen and oxygen atoms in total. The van der Waals surface area contributed by atoms with E-state index >= 15 is 0 Å². The summed E-state index contributed by atoms with van der Waals surface area (Å²) in [6.07, 6.45) is 7.38. The molecule has 0 aliphatic carbocycles. The average Bonchev–Trinajstić information content (AvgIpc) is 2.74. The van der Waals surface area contributed by atoms with Crippen LogP contribution in [-0.4, -0.2) is 27.5 Å². The second kappa shape index (κ2) is 4.12. The van der Waals surface area contributed by atoms with Crippen molar-refractivity contribution in [3.8, 4) is 0 Å². The number of anilines is 1. The fourth-order valence-electron chi connectivity index (χ4n) is 1.75. The second-order valence-corrected chi connectivity index (χ2v) is 4.53. The van der Waals surface area contributed by atoms with Crippen molar-refractivity contribution in [3.63, 3.8) is 0 Å². The van der Waals surface area contributed by atoms with Gasteiger partial charge in [0.25, 0.3) is 0 Å².